The summed E-state index contributed by atoms with van der Waals surface area (Å²) in [6.07, 6.45) is -4.42. The Bertz CT molecular complexity index is 1480. The second kappa shape index (κ2) is 10.4. The Labute approximate surface area is 219 Å². The van der Waals surface area contributed by atoms with Crippen LogP contribution in [0.2, 0.25) is 0 Å². The van der Waals surface area contributed by atoms with E-state index in [9.17, 15) is 18.3 Å². The van der Waals surface area contributed by atoms with Crippen molar-refractivity contribution in [3.63, 3.8) is 0 Å². The van der Waals surface area contributed by atoms with Crippen LogP contribution >= 0.6 is 0 Å². The van der Waals surface area contributed by atoms with Crippen LogP contribution in [-0.2, 0) is 11.8 Å². The SMILES string of the molecule is OC(C#Cc1ccc(C(F)(F)F)cc1)(c1ccc(-c2ccccc2)cc1)c1ccc(-c2ccccc2)cc1. The molecular weight excluding hydrogens is 481 g/mol. The highest BCUT2D eigenvalue weighted by Crippen LogP contribution is 2.33. The Balaban J connectivity index is 1.55. The molecule has 5 aromatic rings. The molecule has 0 aliphatic heterocycles. The lowest BCUT2D eigenvalue weighted by Gasteiger charge is -2.24. The number of alkyl halides is 3. The lowest BCUT2D eigenvalue weighted by molar-refractivity contribution is -0.137. The summed E-state index contributed by atoms with van der Waals surface area (Å²) in [5.41, 5.74) is 3.14. The number of hydrogen-bond acceptors (Lipinski definition) is 1. The molecule has 0 aromatic heterocycles. The normalized spacial score (nSPS) is 11.5. The summed E-state index contributed by atoms with van der Waals surface area (Å²) in [6, 6.07) is 39.4. The molecule has 0 radical (unpaired) electrons. The molecule has 0 saturated carbocycles. The number of aliphatic hydroxyl groups is 1. The van der Waals surface area contributed by atoms with Crippen molar-refractivity contribution >= 4 is 0 Å². The minimum Gasteiger partial charge on any atom is -0.369 e. The number of halogens is 3. The first kappa shape index (κ1) is 25.1. The van der Waals surface area contributed by atoms with Crippen LogP contribution in [-0.4, -0.2) is 5.11 Å². The fraction of sp³-hybridized carbons (Fsp3) is 0.0588. The van der Waals surface area contributed by atoms with E-state index < -0.39 is 17.3 Å². The molecule has 4 heteroatoms. The first-order chi connectivity index (χ1) is 18.3. The molecule has 186 valence electrons. The van der Waals surface area contributed by atoms with Crippen LogP contribution in [0.25, 0.3) is 22.3 Å². The smallest absolute Gasteiger partial charge is 0.369 e. The molecule has 0 saturated heterocycles. The van der Waals surface area contributed by atoms with Gasteiger partial charge in [0.2, 0.25) is 0 Å². The molecule has 0 bridgehead atoms. The van der Waals surface area contributed by atoms with Crippen molar-refractivity contribution in [2.75, 3.05) is 0 Å². The van der Waals surface area contributed by atoms with E-state index in [0.717, 1.165) is 34.4 Å². The first-order valence-corrected chi connectivity index (χ1v) is 12.1. The third-order valence-electron chi connectivity index (χ3n) is 6.42. The fourth-order valence-electron chi connectivity index (χ4n) is 4.29. The average Bonchev–Trinajstić information content (AvgIpc) is 2.97. The standard InChI is InChI=1S/C34H23F3O/c35-34(36,37)32-17-11-25(12-18-32)23-24-33(38,30-19-13-28(14-20-30)26-7-3-1-4-8-26)31-21-15-29(16-22-31)27-9-5-2-6-10-27/h1-22,38H. The van der Waals surface area contributed by atoms with E-state index in [1.165, 1.54) is 12.1 Å². The highest BCUT2D eigenvalue weighted by molar-refractivity contribution is 5.66. The molecule has 0 atom stereocenters. The van der Waals surface area contributed by atoms with Crippen LogP contribution in [0.1, 0.15) is 22.3 Å². The largest absolute Gasteiger partial charge is 0.416 e. The van der Waals surface area contributed by atoms with Gasteiger partial charge in [-0.2, -0.15) is 13.2 Å². The Morgan fingerprint density at radius 2 is 0.816 bits per heavy atom. The molecule has 0 aliphatic carbocycles. The summed E-state index contributed by atoms with van der Waals surface area (Å²) in [5, 5.41) is 12.0. The Morgan fingerprint density at radius 1 is 0.447 bits per heavy atom. The molecule has 1 nitrogen and oxygen atoms in total. The van der Waals surface area contributed by atoms with Gasteiger partial charge in [0.25, 0.3) is 0 Å². The molecular formula is C34H23F3O. The van der Waals surface area contributed by atoms with Gasteiger partial charge in [0.05, 0.1) is 5.56 Å². The highest BCUT2D eigenvalue weighted by atomic mass is 19.4. The predicted octanol–water partition coefficient (Wildman–Crippen LogP) is 8.33. The molecule has 38 heavy (non-hydrogen) atoms. The van der Waals surface area contributed by atoms with Gasteiger partial charge in [-0.15, -0.1) is 0 Å². The fourth-order valence-corrected chi connectivity index (χ4v) is 4.29. The highest BCUT2D eigenvalue weighted by Gasteiger charge is 2.31. The first-order valence-electron chi connectivity index (χ1n) is 12.1. The van der Waals surface area contributed by atoms with Crippen molar-refractivity contribution in [3.05, 3.63) is 156 Å². The monoisotopic (exact) mass is 504 g/mol. The zero-order chi connectivity index (χ0) is 26.6. The van der Waals surface area contributed by atoms with Crippen molar-refractivity contribution in [1.29, 1.82) is 0 Å². The summed E-state index contributed by atoms with van der Waals surface area (Å²) in [7, 11) is 0. The zero-order valence-corrected chi connectivity index (χ0v) is 20.3. The maximum Gasteiger partial charge on any atom is 0.416 e. The maximum absolute atomic E-state index is 13.0. The Morgan fingerprint density at radius 3 is 1.21 bits per heavy atom. The van der Waals surface area contributed by atoms with E-state index in [-0.39, 0.29) is 0 Å². The third-order valence-corrected chi connectivity index (χ3v) is 6.42. The lowest BCUT2D eigenvalue weighted by atomic mass is 9.85. The molecule has 5 rings (SSSR count). The average molecular weight is 505 g/mol. The van der Waals surface area contributed by atoms with Crippen LogP contribution in [0.4, 0.5) is 13.2 Å². The Hall–Kier alpha value is -4.59. The van der Waals surface area contributed by atoms with Crippen molar-refractivity contribution in [2.24, 2.45) is 0 Å². The molecule has 0 heterocycles. The minimum atomic E-state index is -4.42. The van der Waals surface area contributed by atoms with Crippen molar-refractivity contribution in [3.8, 4) is 34.1 Å². The quantitative estimate of drug-likeness (QED) is 0.244. The van der Waals surface area contributed by atoms with E-state index in [4.69, 9.17) is 0 Å². The van der Waals surface area contributed by atoms with Gasteiger partial charge in [-0.1, -0.05) is 121 Å². The topological polar surface area (TPSA) is 20.2 Å². The van der Waals surface area contributed by atoms with Crippen LogP contribution < -0.4 is 0 Å². The van der Waals surface area contributed by atoms with Crippen LogP contribution in [0.3, 0.4) is 0 Å². The van der Waals surface area contributed by atoms with Gasteiger partial charge in [0, 0.05) is 16.7 Å². The van der Waals surface area contributed by atoms with E-state index in [0.29, 0.717) is 16.7 Å². The van der Waals surface area contributed by atoms with E-state index in [1.54, 1.807) is 0 Å². The summed E-state index contributed by atoms with van der Waals surface area (Å²) >= 11 is 0. The van der Waals surface area contributed by atoms with Gasteiger partial charge >= 0.3 is 6.18 Å². The van der Waals surface area contributed by atoms with Gasteiger partial charge < -0.3 is 5.11 Å². The minimum absolute atomic E-state index is 0.373. The van der Waals surface area contributed by atoms with Gasteiger partial charge in [0.1, 0.15) is 0 Å². The third kappa shape index (κ3) is 5.39. The van der Waals surface area contributed by atoms with Crippen LogP contribution in [0.5, 0.6) is 0 Å². The van der Waals surface area contributed by atoms with Gasteiger partial charge in [-0.05, 0) is 46.5 Å². The molecule has 1 N–H and O–H groups in total. The van der Waals surface area contributed by atoms with Crippen molar-refractivity contribution in [1.82, 2.24) is 0 Å². The number of hydrogen-bond donors (Lipinski definition) is 1. The zero-order valence-electron chi connectivity index (χ0n) is 20.3. The van der Waals surface area contributed by atoms with E-state index in [2.05, 4.69) is 11.8 Å². The maximum atomic E-state index is 13.0. The van der Waals surface area contributed by atoms with Crippen LogP contribution in [0.15, 0.2) is 133 Å². The lowest BCUT2D eigenvalue weighted by Crippen LogP contribution is -2.25. The molecule has 0 fully saturated rings. The van der Waals surface area contributed by atoms with Gasteiger partial charge in [-0.3, -0.25) is 0 Å². The van der Waals surface area contributed by atoms with Crippen LogP contribution in [0, 0.1) is 11.8 Å². The second-order valence-electron chi connectivity index (χ2n) is 8.92. The van der Waals surface area contributed by atoms with Crippen molar-refractivity contribution < 1.29 is 18.3 Å². The van der Waals surface area contributed by atoms with E-state index in [1.807, 2.05) is 109 Å². The predicted molar refractivity (Wildman–Crippen MR) is 145 cm³/mol. The summed E-state index contributed by atoms with van der Waals surface area (Å²) < 4.78 is 38.9. The molecule has 0 amide bonds. The second-order valence-corrected chi connectivity index (χ2v) is 8.92. The molecule has 0 unspecified atom stereocenters. The molecule has 5 aromatic carbocycles. The summed E-state index contributed by atoms with van der Waals surface area (Å²) in [5.74, 6) is 5.83. The molecule has 0 spiro atoms. The van der Waals surface area contributed by atoms with Crippen molar-refractivity contribution in [2.45, 2.75) is 11.8 Å². The summed E-state index contributed by atoms with van der Waals surface area (Å²) in [4.78, 5) is 0. The van der Waals surface area contributed by atoms with Gasteiger partial charge in [-0.25, -0.2) is 0 Å². The van der Waals surface area contributed by atoms with Gasteiger partial charge in [0.15, 0.2) is 5.60 Å². The van der Waals surface area contributed by atoms with E-state index >= 15 is 0 Å². The number of rotatable bonds is 4. The summed E-state index contributed by atoms with van der Waals surface area (Å²) in [6.45, 7) is 0. The number of benzene rings is 5. The molecule has 0 aliphatic rings. The Kier molecular flexibility index (Phi) is 6.87.